The van der Waals surface area contributed by atoms with Gasteiger partial charge in [-0.05, 0) is 18.7 Å². The van der Waals surface area contributed by atoms with Gasteiger partial charge in [0.2, 0.25) is 0 Å². The van der Waals surface area contributed by atoms with Crippen LogP contribution in [0.15, 0.2) is 25.3 Å². The summed E-state index contributed by atoms with van der Waals surface area (Å²) in [6.45, 7) is -7.65. The highest BCUT2D eigenvalue weighted by Crippen LogP contribution is 2.61. The van der Waals surface area contributed by atoms with Gasteiger partial charge < -0.3 is 29.4 Å². The van der Waals surface area contributed by atoms with Crippen LogP contribution in [0.5, 0.6) is 0 Å². The summed E-state index contributed by atoms with van der Waals surface area (Å²) in [5.41, 5.74) is 6.50. The minimum Gasteiger partial charge on any atom is -0.382 e. The summed E-state index contributed by atoms with van der Waals surface area (Å²) in [6.07, 6.45) is -3.54. The number of thiol groups is 1. The number of aromatic nitrogens is 8. The number of nitrogens with two attached hydrogens (primary N) is 1. The van der Waals surface area contributed by atoms with Gasteiger partial charge in [-0.25, -0.2) is 38.9 Å². The second-order valence-electron chi connectivity index (χ2n) is 10.8. The number of alkyl halides is 1. The molecule has 4 aromatic rings. The summed E-state index contributed by atoms with van der Waals surface area (Å²) in [5.74, 6) is 0.0851. The molecule has 4 aliphatic heterocycles. The molecule has 0 spiro atoms. The topological polar surface area (TPSA) is 215 Å². The Hall–Kier alpha value is -2.26. The second kappa shape index (κ2) is 10.6. The van der Waals surface area contributed by atoms with Crippen molar-refractivity contribution < 1.29 is 46.2 Å². The molecule has 0 radical (unpaired) electrons. The summed E-state index contributed by atoms with van der Waals surface area (Å²) in [5, 5.41) is 0. The molecule has 4 aromatic heterocycles. The minimum atomic E-state index is -4.31. The zero-order valence-electron chi connectivity index (χ0n) is 23.0. The molecule has 45 heavy (non-hydrogen) atoms. The molecule has 23 heteroatoms. The van der Waals surface area contributed by atoms with Gasteiger partial charge in [0.15, 0.2) is 35.7 Å². The van der Waals surface area contributed by atoms with E-state index in [1.54, 1.807) is 11.5 Å². The molecular weight excluding hydrogens is 679 g/mol. The minimum absolute atomic E-state index is 0.0851. The van der Waals surface area contributed by atoms with Crippen LogP contribution in [0.25, 0.3) is 22.3 Å². The van der Waals surface area contributed by atoms with Gasteiger partial charge in [0.1, 0.15) is 53.7 Å². The number of fused-ring (bicyclic) bond motifs is 3. The lowest BCUT2D eigenvalue weighted by atomic mass is 10.0. The highest BCUT2D eigenvalue weighted by molar-refractivity contribution is 8.44. The largest absolute Gasteiger partial charge is 0.386 e. The first kappa shape index (κ1) is 30.1. The fourth-order valence-corrected chi connectivity index (χ4v) is 8.94. The van der Waals surface area contributed by atoms with Crippen LogP contribution in [-0.2, 0) is 48.7 Å². The van der Waals surface area contributed by atoms with Gasteiger partial charge in [-0.1, -0.05) is 12.2 Å². The van der Waals surface area contributed by atoms with E-state index < -0.39 is 75.4 Å². The Kier molecular flexibility index (Phi) is 7.11. The van der Waals surface area contributed by atoms with Gasteiger partial charge in [-0.15, -0.1) is 0 Å². The summed E-state index contributed by atoms with van der Waals surface area (Å²) in [6, 6.07) is 0. The van der Waals surface area contributed by atoms with Crippen molar-refractivity contribution in [3.05, 3.63) is 31.0 Å². The lowest BCUT2D eigenvalue weighted by Crippen LogP contribution is -2.46. The third kappa shape index (κ3) is 4.92. The van der Waals surface area contributed by atoms with Crippen molar-refractivity contribution >= 4 is 65.7 Å². The van der Waals surface area contributed by atoms with Gasteiger partial charge in [0, 0.05) is 0 Å². The summed E-state index contributed by atoms with van der Waals surface area (Å²) >= 11 is 9.49. The van der Waals surface area contributed by atoms with Crippen molar-refractivity contribution in [2.45, 2.75) is 55.6 Å². The van der Waals surface area contributed by atoms with Crippen molar-refractivity contribution in [1.82, 2.24) is 39.0 Å². The van der Waals surface area contributed by atoms with Crippen LogP contribution in [0.4, 0.5) is 10.2 Å². The molecule has 8 heterocycles. The van der Waals surface area contributed by atoms with E-state index in [1.165, 1.54) is 29.9 Å². The Balaban J connectivity index is 1.10. The van der Waals surface area contributed by atoms with Crippen LogP contribution in [0.1, 0.15) is 18.1 Å². The number of halogens is 1. The van der Waals surface area contributed by atoms with Crippen LogP contribution in [0, 0.1) is 6.92 Å². The zero-order valence-corrected chi connectivity index (χ0v) is 26.5. The van der Waals surface area contributed by atoms with Crippen molar-refractivity contribution in [2.24, 2.45) is 0 Å². The lowest BCUT2D eigenvalue weighted by Gasteiger charge is -2.34. The average molecular weight is 704 g/mol. The number of anilines is 1. The molecule has 0 aliphatic carbocycles. The molecule has 4 fully saturated rings. The van der Waals surface area contributed by atoms with Gasteiger partial charge in [-0.3, -0.25) is 22.7 Å². The van der Waals surface area contributed by atoms with Gasteiger partial charge in [-0.2, -0.15) is 0 Å². The molecule has 4 aliphatic rings. The van der Waals surface area contributed by atoms with E-state index in [4.69, 9.17) is 49.8 Å². The third-order valence-electron chi connectivity index (χ3n) is 8.09. The summed E-state index contributed by atoms with van der Waals surface area (Å²) < 4.78 is 74.0. The maximum atomic E-state index is 16.1. The Bertz CT molecular complexity index is 1920. The molecule has 10 atom stereocenters. The molecule has 2 bridgehead atoms. The van der Waals surface area contributed by atoms with E-state index in [1.807, 2.05) is 0 Å². The normalized spacial score (nSPS) is 40.3. The van der Waals surface area contributed by atoms with E-state index >= 15 is 4.39 Å². The Labute approximate surface area is 262 Å². The monoisotopic (exact) mass is 703 g/mol. The van der Waals surface area contributed by atoms with Crippen LogP contribution in [0.3, 0.4) is 0 Å². The predicted molar refractivity (Wildman–Crippen MR) is 156 cm³/mol. The molecule has 0 aromatic carbocycles. The van der Waals surface area contributed by atoms with Crippen molar-refractivity contribution in [3.8, 4) is 0 Å². The highest BCUT2D eigenvalue weighted by Gasteiger charge is 2.65. The third-order valence-corrected chi connectivity index (χ3v) is 11.2. The number of hydrogen-bond donors (Lipinski definition) is 3. The predicted octanol–water partition coefficient (Wildman–Crippen LogP) is 1.53. The van der Waals surface area contributed by atoms with E-state index in [2.05, 4.69) is 42.2 Å². The van der Waals surface area contributed by atoms with Gasteiger partial charge >= 0.3 is 13.5 Å². The zero-order chi connectivity index (χ0) is 31.3. The molecular formula is C22H24FN9O9P2S2. The maximum Gasteiger partial charge on any atom is 0.386 e. The highest BCUT2D eigenvalue weighted by atomic mass is 32.7. The fourth-order valence-electron chi connectivity index (χ4n) is 5.98. The Morgan fingerprint density at radius 1 is 1.02 bits per heavy atom. The SMILES string of the molecule is Cc1ncnc2c1ncn2[C@@H]1O[C@]23CO[C@@H]1[C@@H]2OP(O)(=S)OC[C@H]1O[C@@H](n2cnc4c(N)ncnc42)[C@H](F)[C@@H]1OP(=O)(S)OC3. The van der Waals surface area contributed by atoms with Crippen LogP contribution in [-0.4, -0.2) is 99.9 Å². The smallest absolute Gasteiger partial charge is 0.382 e. The molecule has 3 N–H and O–H groups in total. The fraction of sp³-hybridized carbons (Fsp3) is 0.545. The molecule has 4 saturated heterocycles. The molecule has 18 nitrogen and oxygen atoms in total. The second-order valence-corrected chi connectivity index (χ2v) is 16.5. The molecule has 0 saturated carbocycles. The first-order valence-corrected chi connectivity index (χ1v) is 18.7. The first-order valence-electron chi connectivity index (χ1n) is 13.4. The molecule has 0 amide bonds. The van der Waals surface area contributed by atoms with Crippen LogP contribution in [0.2, 0.25) is 0 Å². The maximum absolute atomic E-state index is 16.1. The number of hydrogen-bond acceptors (Lipinski definition) is 16. The number of aryl methyl sites for hydroxylation is 1. The van der Waals surface area contributed by atoms with Crippen molar-refractivity contribution in [1.29, 1.82) is 0 Å². The van der Waals surface area contributed by atoms with Crippen molar-refractivity contribution in [3.63, 3.8) is 0 Å². The quantitative estimate of drug-likeness (QED) is 0.199. The van der Waals surface area contributed by atoms with E-state index in [-0.39, 0.29) is 23.6 Å². The van der Waals surface area contributed by atoms with E-state index in [0.29, 0.717) is 16.9 Å². The van der Waals surface area contributed by atoms with Gasteiger partial charge in [0.25, 0.3) is 0 Å². The number of rotatable bonds is 2. The van der Waals surface area contributed by atoms with Gasteiger partial charge in [0.05, 0.1) is 38.2 Å². The molecule has 240 valence electrons. The number of ether oxygens (including phenoxy) is 3. The average Bonchev–Trinajstić information content (AvgIpc) is 3.80. The van der Waals surface area contributed by atoms with E-state index in [9.17, 15) is 9.46 Å². The summed E-state index contributed by atoms with van der Waals surface area (Å²) in [7, 11) is 0. The van der Waals surface area contributed by atoms with E-state index in [0.717, 1.165) is 0 Å². The molecule has 8 rings (SSSR count). The Morgan fingerprint density at radius 3 is 2.53 bits per heavy atom. The first-order chi connectivity index (χ1) is 21.5. The van der Waals surface area contributed by atoms with Crippen molar-refractivity contribution in [2.75, 3.05) is 25.6 Å². The number of nitrogen functional groups attached to an aromatic ring is 1. The number of imidazole rings is 2. The number of nitrogens with zero attached hydrogens (tertiary/aromatic N) is 8. The Morgan fingerprint density at radius 2 is 1.73 bits per heavy atom. The molecule has 2 unspecified atom stereocenters. The lowest BCUT2D eigenvalue weighted by molar-refractivity contribution is -0.183. The summed E-state index contributed by atoms with van der Waals surface area (Å²) in [4.78, 5) is 36.2. The van der Waals surface area contributed by atoms with Crippen LogP contribution < -0.4 is 5.73 Å². The van der Waals surface area contributed by atoms with Crippen LogP contribution >= 0.6 is 25.8 Å². The standard InChI is InChI=1S/C22H24FN9O9P2S2/c1-9-12-18(27-5-25-9)32(7-29-12)21-15-16-22(39-21,3-35-15)4-37-43(34,45)40-14-10(2-36-42(33,44)41-16)38-20(11(14)23)31-8-30-13-17(24)26-6-28-19(13)31/h5-8,10-11,14-16,20-21H,2-4H2,1H3,(H,33,44)(H,34,45)(H2,24,26,28)/t10-,11-,14-,15-,16+,20-,21-,22+,42?,43?/m1/s1.